The SMILES string of the molecule is CN1CCN(S(=O)(=O)CCN2CC(c3cccc(C(F)(F)F)c3)N(c3ccc(Oc4ccc(Cl)cc4)cc3)C2=O)CC1. The van der Waals surface area contributed by atoms with Gasteiger partial charge < -0.3 is 14.5 Å². The highest BCUT2D eigenvalue weighted by Gasteiger charge is 2.41. The molecule has 2 amide bonds. The Morgan fingerprint density at radius 3 is 2.17 bits per heavy atom. The number of rotatable bonds is 8. The number of anilines is 1. The van der Waals surface area contributed by atoms with Gasteiger partial charge in [-0.2, -0.15) is 17.5 Å². The summed E-state index contributed by atoms with van der Waals surface area (Å²) < 4.78 is 73.9. The van der Waals surface area contributed by atoms with E-state index in [0.717, 1.165) is 12.1 Å². The maximum Gasteiger partial charge on any atom is 0.416 e. The number of hydrogen-bond donors (Lipinski definition) is 0. The van der Waals surface area contributed by atoms with Crippen LogP contribution in [0.3, 0.4) is 0 Å². The van der Waals surface area contributed by atoms with Crippen LogP contribution < -0.4 is 9.64 Å². The zero-order chi connectivity index (χ0) is 30.1. The van der Waals surface area contributed by atoms with E-state index in [0.29, 0.717) is 54.0 Å². The zero-order valence-electron chi connectivity index (χ0n) is 22.8. The van der Waals surface area contributed by atoms with Gasteiger partial charge in [0, 0.05) is 50.0 Å². The van der Waals surface area contributed by atoms with Crippen LogP contribution in [0.15, 0.2) is 72.8 Å². The van der Waals surface area contributed by atoms with Crippen molar-refractivity contribution in [2.75, 3.05) is 57.0 Å². The highest BCUT2D eigenvalue weighted by Crippen LogP contribution is 2.38. The first-order valence-electron chi connectivity index (χ1n) is 13.4. The molecule has 0 spiro atoms. The lowest BCUT2D eigenvalue weighted by atomic mass is 10.0. The summed E-state index contributed by atoms with van der Waals surface area (Å²) in [6, 6.07) is 17.0. The third kappa shape index (κ3) is 6.83. The minimum absolute atomic E-state index is 0.0292. The van der Waals surface area contributed by atoms with Gasteiger partial charge in [-0.3, -0.25) is 4.90 Å². The van der Waals surface area contributed by atoms with Crippen molar-refractivity contribution in [3.8, 4) is 11.5 Å². The summed E-state index contributed by atoms with van der Waals surface area (Å²) in [6.07, 6.45) is -4.56. The number of benzene rings is 3. The number of carbonyl (C=O) groups is 1. The van der Waals surface area contributed by atoms with E-state index in [4.69, 9.17) is 16.3 Å². The van der Waals surface area contributed by atoms with Crippen molar-refractivity contribution in [1.29, 1.82) is 0 Å². The third-order valence-electron chi connectivity index (χ3n) is 7.42. The largest absolute Gasteiger partial charge is 0.457 e. The summed E-state index contributed by atoms with van der Waals surface area (Å²) in [7, 11) is -1.70. The monoisotopic (exact) mass is 622 g/mol. The van der Waals surface area contributed by atoms with Gasteiger partial charge in [0.2, 0.25) is 10.0 Å². The van der Waals surface area contributed by atoms with Crippen molar-refractivity contribution >= 4 is 33.3 Å². The van der Waals surface area contributed by atoms with E-state index in [1.54, 1.807) is 54.6 Å². The summed E-state index contributed by atoms with van der Waals surface area (Å²) >= 11 is 5.93. The van der Waals surface area contributed by atoms with Crippen LogP contribution in [-0.2, 0) is 16.2 Å². The van der Waals surface area contributed by atoms with Crippen molar-refractivity contribution in [2.24, 2.45) is 0 Å². The van der Waals surface area contributed by atoms with E-state index in [1.165, 1.54) is 20.2 Å². The van der Waals surface area contributed by atoms with E-state index in [-0.39, 0.29) is 18.8 Å². The molecule has 1 unspecified atom stereocenters. The molecule has 42 heavy (non-hydrogen) atoms. The Kier molecular flexibility index (Phi) is 8.70. The van der Waals surface area contributed by atoms with Crippen LogP contribution in [0.4, 0.5) is 23.7 Å². The van der Waals surface area contributed by atoms with Crippen LogP contribution in [0.1, 0.15) is 17.2 Å². The fraction of sp³-hybridized carbons (Fsp3) is 0.345. The number of likely N-dealkylation sites (N-methyl/N-ethyl adjacent to an activating group) is 1. The Morgan fingerprint density at radius 2 is 1.55 bits per heavy atom. The van der Waals surface area contributed by atoms with Gasteiger partial charge in [-0.25, -0.2) is 13.2 Å². The fourth-order valence-corrected chi connectivity index (χ4v) is 6.60. The minimum Gasteiger partial charge on any atom is -0.457 e. The number of urea groups is 1. The van der Waals surface area contributed by atoms with Gasteiger partial charge in [0.1, 0.15) is 11.5 Å². The molecular weight excluding hydrogens is 593 g/mol. The smallest absolute Gasteiger partial charge is 0.416 e. The molecular formula is C29H30ClF3N4O4S. The molecule has 224 valence electrons. The summed E-state index contributed by atoms with van der Waals surface area (Å²) in [6.45, 7) is 1.92. The van der Waals surface area contributed by atoms with Gasteiger partial charge in [0.05, 0.1) is 17.4 Å². The number of nitrogens with zero attached hydrogens (tertiary/aromatic N) is 4. The number of carbonyl (C=O) groups excluding carboxylic acids is 1. The molecule has 2 aliphatic rings. The van der Waals surface area contributed by atoms with E-state index in [1.807, 2.05) is 11.9 Å². The second kappa shape index (κ2) is 12.1. The Bertz CT molecular complexity index is 1510. The number of amides is 2. The molecule has 8 nitrogen and oxygen atoms in total. The molecule has 0 saturated carbocycles. The van der Waals surface area contributed by atoms with Crippen molar-refractivity contribution in [1.82, 2.24) is 14.1 Å². The average molecular weight is 623 g/mol. The molecule has 2 aliphatic heterocycles. The molecule has 0 aliphatic carbocycles. The molecule has 0 radical (unpaired) electrons. The molecule has 1 atom stereocenters. The molecule has 13 heteroatoms. The minimum atomic E-state index is -4.56. The highest BCUT2D eigenvalue weighted by atomic mass is 35.5. The number of alkyl halides is 3. The lowest BCUT2D eigenvalue weighted by molar-refractivity contribution is -0.137. The standard InChI is InChI=1S/C29H30ClF3N4O4S/c1-34-13-15-36(16-14-34)42(39,40)18-17-35-20-27(21-3-2-4-22(19-21)29(31,32)33)37(28(35)38)24-7-11-26(12-8-24)41-25-9-5-23(30)6-10-25/h2-12,19,27H,13-18,20H2,1H3. The quantitative estimate of drug-likeness (QED) is 0.322. The molecule has 2 fully saturated rings. The van der Waals surface area contributed by atoms with E-state index >= 15 is 0 Å². The second-order valence-electron chi connectivity index (χ2n) is 10.3. The van der Waals surface area contributed by atoms with E-state index in [9.17, 15) is 26.4 Å². The first-order chi connectivity index (χ1) is 19.9. The fourth-order valence-electron chi connectivity index (χ4n) is 5.04. The lowest BCUT2D eigenvalue weighted by Gasteiger charge is -2.32. The van der Waals surface area contributed by atoms with Crippen molar-refractivity contribution in [2.45, 2.75) is 12.2 Å². The highest BCUT2D eigenvalue weighted by molar-refractivity contribution is 7.89. The Hall–Kier alpha value is -3.32. The molecule has 5 rings (SSSR count). The maximum atomic E-state index is 13.7. The normalized spacial score (nSPS) is 19.0. The van der Waals surface area contributed by atoms with Gasteiger partial charge in [0.25, 0.3) is 0 Å². The molecule has 0 bridgehead atoms. The van der Waals surface area contributed by atoms with Crippen LogP contribution >= 0.6 is 11.6 Å². The van der Waals surface area contributed by atoms with Crippen LogP contribution in [0.25, 0.3) is 0 Å². The molecule has 2 heterocycles. The predicted molar refractivity (Wildman–Crippen MR) is 154 cm³/mol. The first kappa shape index (κ1) is 30.1. The topological polar surface area (TPSA) is 73.4 Å². The number of ether oxygens (including phenoxy) is 1. The van der Waals surface area contributed by atoms with Crippen molar-refractivity contribution in [3.63, 3.8) is 0 Å². The van der Waals surface area contributed by atoms with Crippen molar-refractivity contribution in [3.05, 3.63) is 88.9 Å². The van der Waals surface area contributed by atoms with Crippen LogP contribution in [0.2, 0.25) is 5.02 Å². The van der Waals surface area contributed by atoms with Gasteiger partial charge in [-0.1, -0.05) is 23.7 Å². The first-order valence-corrected chi connectivity index (χ1v) is 15.3. The Morgan fingerprint density at radius 1 is 0.929 bits per heavy atom. The predicted octanol–water partition coefficient (Wildman–Crippen LogP) is 5.71. The Labute approximate surface area is 247 Å². The zero-order valence-corrected chi connectivity index (χ0v) is 24.4. The number of hydrogen-bond acceptors (Lipinski definition) is 5. The second-order valence-corrected chi connectivity index (χ2v) is 12.8. The van der Waals surface area contributed by atoms with Gasteiger partial charge in [-0.15, -0.1) is 0 Å². The number of sulfonamides is 1. The summed E-state index contributed by atoms with van der Waals surface area (Å²) in [5, 5.41) is 0.562. The van der Waals surface area contributed by atoms with Crippen LogP contribution in [0.5, 0.6) is 11.5 Å². The Balaban J connectivity index is 1.39. The van der Waals surface area contributed by atoms with Crippen LogP contribution in [-0.4, -0.2) is 80.6 Å². The van der Waals surface area contributed by atoms with Gasteiger partial charge >= 0.3 is 12.2 Å². The number of halogens is 4. The van der Waals surface area contributed by atoms with Gasteiger partial charge in [-0.05, 0) is 73.3 Å². The molecule has 3 aromatic rings. The molecule has 0 N–H and O–H groups in total. The summed E-state index contributed by atoms with van der Waals surface area (Å²) in [4.78, 5) is 18.5. The van der Waals surface area contributed by atoms with Crippen LogP contribution in [0, 0.1) is 0 Å². The lowest BCUT2D eigenvalue weighted by Crippen LogP contribution is -2.49. The maximum absolute atomic E-state index is 13.7. The van der Waals surface area contributed by atoms with E-state index in [2.05, 4.69) is 0 Å². The molecule has 2 saturated heterocycles. The molecule has 0 aromatic heterocycles. The summed E-state index contributed by atoms with van der Waals surface area (Å²) in [5.74, 6) is 0.761. The van der Waals surface area contributed by atoms with Crippen molar-refractivity contribution < 1.29 is 31.1 Å². The third-order valence-corrected chi connectivity index (χ3v) is 9.52. The van der Waals surface area contributed by atoms with E-state index < -0.39 is 33.8 Å². The van der Waals surface area contributed by atoms with Gasteiger partial charge in [0.15, 0.2) is 0 Å². The average Bonchev–Trinajstić information content (AvgIpc) is 3.29. The molecule has 3 aromatic carbocycles. The summed E-state index contributed by atoms with van der Waals surface area (Å²) in [5.41, 5.74) is -0.0883. The number of piperazine rings is 1.